The number of methoxy groups -OCH3 is 6. The highest BCUT2D eigenvalue weighted by atomic mass is 16.6. The molecule has 0 aliphatic rings. The van der Waals surface area contributed by atoms with Crippen molar-refractivity contribution in [3.63, 3.8) is 0 Å². The normalized spacial score (nSPS) is 11.7. The van der Waals surface area contributed by atoms with Crippen molar-refractivity contribution in [2.24, 2.45) is 0 Å². The summed E-state index contributed by atoms with van der Waals surface area (Å²) in [5.74, 6) is 2.78. The first-order valence-electron chi connectivity index (χ1n) is 35.2. The molecule has 0 atom stereocenters. The van der Waals surface area contributed by atoms with Gasteiger partial charge in [-0.25, -0.2) is 0 Å². The molecular formula is C72H120O30. The van der Waals surface area contributed by atoms with Crippen LogP contribution in [0.4, 0.5) is 0 Å². The van der Waals surface area contributed by atoms with Crippen molar-refractivity contribution < 1.29 is 142 Å². The van der Waals surface area contributed by atoms with Gasteiger partial charge in [-0.3, -0.25) is 0 Å². The summed E-state index contributed by atoms with van der Waals surface area (Å²) < 4.78 is 173. The molecule has 30 nitrogen and oxygen atoms in total. The zero-order chi connectivity index (χ0) is 72.3. The fourth-order valence-corrected chi connectivity index (χ4v) is 9.06. The van der Waals surface area contributed by atoms with Crippen molar-refractivity contribution in [3.05, 3.63) is 36.4 Å². The van der Waals surface area contributed by atoms with Crippen LogP contribution in [0.3, 0.4) is 0 Å². The number of hydrogen-bond donors (Lipinski definition) is 0. The Bertz CT molecular complexity index is 2090. The minimum Gasteiger partial charge on any atom is -0.487 e. The summed E-state index contributed by atoms with van der Waals surface area (Å²) in [4.78, 5) is 0. The van der Waals surface area contributed by atoms with Crippen LogP contribution in [0.5, 0.6) is 34.5 Å². The standard InChI is InChI=1S/C72H120O30/c1-73-7-13-79-19-25-85-31-37-91-43-49-97-67-55-61-62(56-68(67)98-50-44-92-38-32-86-26-20-80-14-8-74-2)64-58-70(100-52-46-94-40-34-88-28-22-82-16-10-76-4)72(102-54-48-96-42-36-90-30-24-84-18-12-78-6)60-66(64)65-59-71(101-53-47-95-41-35-89-29-23-83-17-11-77-5)69(57-63(61)65)99-51-45-93-39-33-87-27-21-81-15-9-75-3/h55-60H,7-54H2,1-6H3. The van der Waals surface area contributed by atoms with Crippen LogP contribution in [0.2, 0.25) is 0 Å². The predicted molar refractivity (Wildman–Crippen MR) is 378 cm³/mol. The third-order valence-corrected chi connectivity index (χ3v) is 14.1. The molecule has 0 heterocycles. The Morgan fingerprint density at radius 1 is 0.127 bits per heavy atom. The predicted octanol–water partition coefficient (Wildman–Crippen LogP) is 5.60. The maximum absolute atomic E-state index is 6.62. The first kappa shape index (κ1) is 89.9. The van der Waals surface area contributed by atoms with Crippen molar-refractivity contribution in [2.75, 3.05) is 360 Å². The van der Waals surface area contributed by atoms with Gasteiger partial charge in [0.05, 0.1) is 277 Å². The minimum absolute atomic E-state index is 0.185. The molecule has 0 aliphatic heterocycles. The van der Waals surface area contributed by atoms with Gasteiger partial charge in [0.2, 0.25) is 0 Å². The van der Waals surface area contributed by atoms with E-state index in [1.54, 1.807) is 42.7 Å². The lowest BCUT2D eigenvalue weighted by molar-refractivity contribution is -0.000880. The fourth-order valence-electron chi connectivity index (χ4n) is 9.06. The molecular weight excluding hydrogens is 1340 g/mol. The second-order valence-electron chi connectivity index (χ2n) is 21.6. The summed E-state index contributed by atoms with van der Waals surface area (Å²) in [6, 6.07) is 11.8. The molecule has 0 aromatic heterocycles. The van der Waals surface area contributed by atoms with Crippen molar-refractivity contribution in [2.45, 2.75) is 0 Å². The van der Waals surface area contributed by atoms with E-state index >= 15 is 0 Å². The van der Waals surface area contributed by atoms with E-state index in [9.17, 15) is 0 Å². The third-order valence-electron chi connectivity index (χ3n) is 14.1. The summed E-state index contributed by atoms with van der Waals surface area (Å²) >= 11 is 0. The molecule has 588 valence electrons. The molecule has 102 heavy (non-hydrogen) atoms. The van der Waals surface area contributed by atoms with Crippen LogP contribution in [-0.2, 0) is 114 Å². The molecule has 0 amide bonds. The molecule has 0 bridgehead atoms. The smallest absolute Gasteiger partial charge is 0.161 e. The zero-order valence-corrected chi connectivity index (χ0v) is 61.7. The van der Waals surface area contributed by atoms with Crippen LogP contribution in [0.1, 0.15) is 0 Å². The number of hydrogen-bond acceptors (Lipinski definition) is 30. The van der Waals surface area contributed by atoms with E-state index in [0.717, 1.165) is 32.3 Å². The molecule has 0 spiro atoms. The Morgan fingerprint density at radius 3 is 0.314 bits per heavy atom. The van der Waals surface area contributed by atoms with E-state index < -0.39 is 0 Å². The van der Waals surface area contributed by atoms with Crippen LogP contribution in [-0.4, -0.2) is 360 Å². The first-order chi connectivity index (χ1) is 50.6. The Kier molecular flexibility index (Phi) is 58.1. The van der Waals surface area contributed by atoms with E-state index in [2.05, 4.69) is 0 Å². The Hall–Kier alpha value is -4.50. The van der Waals surface area contributed by atoms with Crippen LogP contribution >= 0.6 is 0 Å². The number of benzene rings is 4. The van der Waals surface area contributed by atoms with Crippen molar-refractivity contribution >= 4 is 32.3 Å². The van der Waals surface area contributed by atoms with E-state index in [4.69, 9.17) is 142 Å². The van der Waals surface area contributed by atoms with Gasteiger partial charge in [0, 0.05) is 42.7 Å². The Morgan fingerprint density at radius 2 is 0.216 bits per heavy atom. The van der Waals surface area contributed by atoms with Crippen molar-refractivity contribution in [1.82, 2.24) is 0 Å². The van der Waals surface area contributed by atoms with E-state index in [1.807, 2.05) is 36.4 Å². The van der Waals surface area contributed by atoms with Gasteiger partial charge in [-0.2, -0.15) is 0 Å². The van der Waals surface area contributed by atoms with Gasteiger partial charge in [0.25, 0.3) is 0 Å². The summed E-state index contributed by atoms with van der Waals surface area (Å²) in [5, 5.41) is 4.80. The van der Waals surface area contributed by atoms with E-state index in [1.165, 1.54) is 0 Å². The van der Waals surface area contributed by atoms with Gasteiger partial charge in [-0.15, -0.1) is 0 Å². The average molecular weight is 1470 g/mol. The number of ether oxygens (including phenoxy) is 30. The molecule has 0 saturated heterocycles. The first-order valence-corrected chi connectivity index (χ1v) is 35.2. The topological polar surface area (TPSA) is 277 Å². The highest BCUT2D eigenvalue weighted by Gasteiger charge is 2.21. The van der Waals surface area contributed by atoms with Gasteiger partial charge in [0.1, 0.15) is 39.6 Å². The van der Waals surface area contributed by atoms with Crippen LogP contribution < -0.4 is 28.4 Å². The van der Waals surface area contributed by atoms with Gasteiger partial charge in [-0.05, 0) is 68.7 Å². The molecule has 0 unspecified atom stereocenters. The van der Waals surface area contributed by atoms with Gasteiger partial charge >= 0.3 is 0 Å². The average Bonchev–Trinajstić information content (AvgIpc) is 0.728. The number of rotatable bonds is 78. The van der Waals surface area contributed by atoms with Gasteiger partial charge < -0.3 is 142 Å². The summed E-state index contributed by atoms with van der Waals surface area (Å²) in [7, 11) is 9.81. The maximum atomic E-state index is 6.62. The highest BCUT2D eigenvalue weighted by Crippen LogP contribution is 2.47. The van der Waals surface area contributed by atoms with Crippen LogP contribution in [0, 0.1) is 0 Å². The molecule has 0 radical (unpaired) electrons. The molecule has 4 aromatic carbocycles. The number of fused-ring (bicyclic) bond motifs is 6. The molecule has 0 saturated carbocycles. The third kappa shape index (κ3) is 43.8. The molecule has 4 aromatic rings. The van der Waals surface area contributed by atoms with Gasteiger partial charge in [-0.1, -0.05) is 0 Å². The lowest BCUT2D eigenvalue weighted by Gasteiger charge is -2.21. The zero-order valence-electron chi connectivity index (χ0n) is 61.7. The van der Waals surface area contributed by atoms with E-state index in [-0.39, 0.29) is 79.3 Å². The molecule has 0 N–H and O–H groups in total. The summed E-state index contributed by atoms with van der Waals surface area (Å²) in [6.45, 7) is 18.4. The van der Waals surface area contributed by atoms with Crippen LogP contribution in [0.15, 0.2) is 36.4 Å². The van der Waals surface area contributed by atoms with Crippen molar-refractivity contribution in [3.8, 4) is 34.5 Å². The SMILES string of the molecule is COCCOCCOCCOCCOc1cc2c3cc(OCCOCCOCCOCCOC)c(OCCOCCOCCOCCOC)cc3c3cc(OCCOCCOCCOCCOC)c(OCCOCCOCCOCCOC)cc3c2cc1OCCOCCOCCOCCOC. The molecule has 0 aliphatic carbocycles. The maximum Gasteiger partial charge on any atom is 0.161 e. The van der Waals surface area contributed by atoms with Crippen molar-refractivity contribution in [1.29, 1.82) is 0 Å². The lowest BCUT2D eigenvalue weighted by Crippen LogP contribution is -2.15. The second-order valence-corrected chi connectivity index (χ2v) is 21.6. The Labute approximate surface area is 603 Å². The molecule has 4 rings (SSSR count). The largest absolute Gasteiger partial charge is 0.487 e. The quantitative estimate of drug-likeness (QED) is 0.0384. The molecule has 0 fully saturated rings. The highest BCUT2D eigenvalue weighted by molar-refractivity contribution is 6.26. The Balaban J connectivity index is 1.76. The fraction of sp³-hybridized carbons (Fsp3) is 0.750. The summed E-state index contributed by atoms with van der Waals surface area (Å²) in [6.07, 6.45) is 0. The second kappa shape index (κ2) is 66.0. The monoisotopic (exact) mass is 1460 g/mol. The van der Waals surface area contributed by atoms with Crippen LogP contribution in [0.25, 0.3) is 32.3 Å². The minimum atomic E-state index is 0.185. The van der Waals surface area contributed by atoms with Gasteiger partial charge in [0.15, 0.2) is 34.5 Å². The van der Waals surface area contributed by atoms with E-state index in [0.29, 0.717) is 272 Å². The summed E-state index contributed by atoms with van der Waals surface area (Å²) in [5.41, 5.74) is 0. The molecule has 30 heteroatoms. The lowest BCUT2D eigenvalue weighted by atomic mass is 9.93.